The van der Waals surface area contributed by atoms with Crippen LogP contribution in [-0.4, -0.2) is 49.8 Å². The van der Waals surface area contributed by atoms with E-state index in [4.69, 9.17) is 4.74 Å². The zero-order valence-corrected chi connectivity index (χ0v) is 15.3. The maximum atomic E-state index is 13.6. The molecule has 0 unspecified atom stereocenters. The maximum Gasteiger partial charge on any atom is 0.233 e. The summed E-state index contributed by atoms with van der Waals surface area (Å²) in [6.45, 7) is 2.64. The molecule has 0 atom stereocenters. The summed E-state index contributed by atoms with van der Waals surface area (Å²) in [5, 5.41) is 0. The molecule has 3 rings (SSSR count). The molecule has 0 spiro atoms. The zero-order valence-electron chi connectivity index (χ0n) is 14.5. The normalized spacial score (nSPS) is 14.4. The van der Waals surface area contributed by atoms with Crippen molar-refractivity contribution in [2.24, 2.45) is 0 Å². The van der Waals surface area contributed by atoms with Gasteiger partial charge >= 0.3 is 0 Å². The number of nitrogens with zero attached hydrogens (tertiary/aromatic N) is 2. The van der Waals surface area contributed by atoms with Crippen LogP contribution in [0.4, 0.5) is 14.5 Å². The van der Waals surface area contributed by atoms with Gasteiger partial charge in [-0.3, -0.25) is 4.79 Å². The predicted molar refractivity (Wildman–Crippen MR) is 98.9 cm³/mol. The monoisotopic (exact) mass is 378 g/mol. The number of benzene rings is 2. The Morgan fingerprint density at radius 1 is 1.12 bits per heavy atom. The number of ether oxygens (including phenoxy) is 1. The van der Waals surface area contributed by atoms with Gasteiger partial charge in [0.15, 0.2) is 0 Å². The molecule has 0 aliphatic carbocycles. The summed E-state index contributed by atoms with van der Waals surface area (Å²) >= 11 is 1.03. The first-order valence-corrected chi connectivity index (χ1v) is 9.30. The van der Waals surface area contributed by atoms with Gasteiger partial charge in [0.25, 0.3) is 0 Å². The Hall–Kier alpha value is -2.28. The van der Waals surface area contributed by atoms with Crippen molar-refractivity contribution >= 4 is 23.4 Å². The molecule has 1 amide bonds. The lowest BCUT2D eigenvalue weighted by Gasteiger charge is -2.36. The molecule has 26 heavy (non-hydrogen) atoms. The van der Waals surface area contributed by atoms with Crippen LogP contribution in [0.15, 0.2) is 47.4 Å². The van der Waals surface area contributed by atoms with Gasteiger partial charge in [-0.1, -0.05) is 6.07 Å². The van der Waals surface area contributed by atoms with Crippen molar-refractivity contribution in [3.63, 3.8) is 0 Å². The first-order chi connectivity index (χ1) is 12.6. The number of methoxy groups -OCH3 is 1. The van der Waals surface area contributed by atoms with Crippen LogP contribution < -0.4 is 9.64 Å². The number of rotatable bonds is 5. The smallest absolute Gasteiger partial charge is 0.233 e. The van der Waals surface area contributed by atoms with E-state index in [1.54, 1.807) is 12.0 Å². The largest absolute Gasteiger partial charge is 0.497 e. The van der Waals surface area contributed by atoms with Gasteiger partial charge in [-0.15, -0.1) is 11.8 Å². The van der Waals surface area contributed by atoms with Gasteiger partial charge in [0.1, 0.15) is 17.4 Å². The van der Waals surface area contributed by atoms with Gasteiger partial charge in [-0.2, -0.15) is 0 Å². The van der Waals surface area contributed by atoms with E-state index in [1.165, 1.54) is 0 Å². The topological polar surface area (TPSA) is 32.8 Å². The highest BCUT2D eigenvalue weighted by atomic mass is 32.2. The Morgan fingerprint density at radius 3 is 2.62 bits per heavy atom. The van der Waals surface area contributed by atoms with Gasteiger partial charge in [0.05, 0.1) is 12.9 Å². The van der Waals surface area contributed by atoms with E-state index in [0.717, 1.165) is 54.5 Å². The number of anilines is 1. The number of carbonyl (C=O) groups excluding carboxylic acids is 1. The highest BCUT2D eigenvalue weighted by Crippen LogP contribution is 2.24. The van der Waals surface area contributed by atoms with Crippen LogP contribution in [0.25, 0.3) is 0 Å². The second-order valence-corrected chi connectivity index (χ2v) is 6.95. The van der Waals surface area contributed by atoms with Crippen LogP contribution in [0.1, 0.15) is 0 Å². The van der Waals surface area contributed by atoms with Crippen LogP contribution >= 0.6 is 11.8 Å². The van der Waals surface area contributed by atoms with E-state index in [0.29, 0.717) is 13.1 Å². The molecule has 1 aliphatic heterocycles. The molecule has 138 valence electrons. The van der Waals surface area contributed by atoms with Crippen LogP contribution in [0.2, 0.25) is 0 Å². The van der Waals surface area contributed by atoms with Gasteiger partial charge in [-0.25, -0.2) is 8.78 Å². The second-order valence-electron chi connectivity index (χ2n) is 5.93. The molecule has 0 saturated carbocycles. The highest BCUT2D eigenvalue weighted by molar-refractivity contribution is 8.00. The first-order valence-electron chi connectivity index (χ1n) is 8.31. The van der Waals surface area contributed by atoms with Crippen molar-refractivity contribution in [2.75, 3.05) is 43.9 Å². The van der Waals surface area contributed by atoms with E-state index < -0.39 is 11.6 Å². The molecule has 1 heterocycles. The number of amides is 1. The fraction of sp³-hybridized carbons (Fsp3) is 0.316. The van der Waals surface area contributed by atoms with E-state index in [1.807, 2.05) is 24.3 Å². The Balaban J connectivity index is 1.52. The van der Waals surface area contributed by atoms with E-state index >= 15 is 0 Å². The quantitative estimate of drug-likeness (QED) is 0.747. The van der Waals surface area contributed by atoms with Crippen LogP contribution in [0.3, 0.4) is 0 Å². The third-order valence-corrected chi connectivity index (χ3v) is 5.31. The van der Waals surface area contributed by atoms with Gasteiger partial charge in [-0.05, 0) is 30.3 Å². The van der Waals surface area contributed by atoms with Crippen LogP contribution in [0, 0.1) is 11.6 Å². The summed E-state index contributed by atoms with van der Waals surface area (Å²) in [6.07, 6.45) is 0. The van der Waals surface area contributed by atoms with E-state index in [2.05, 4.69) is 4.90 Å². The lowest BCUT2D eigenvalue weighted by molar-refractivity contribution is -0.128. The van der Waals surface area contributed by atoms with E-state index in [-0.39, 0.29) is 16.6 Å². The molecule has 1 aliphatic rings. The molecule has 1 fully saturated rings. The molecule has 0 bridgehead atoms. The fourth-order valence-corrected chi connectivity index (χ4v) is 3.70. The van der Waals surface area contributed by atoms with Crippen LogP contribution in [0.5, 0.6) is 5.75 Å². The molecule has 0 N–H and O–H groups in total. The summed E-state index contributed by atoms with van der Waals surface area (Å²) in [7, 11) is 1.63. The van der Waals surface area contributed by atoms with Crippen molar-refractivity contribution < 1.29 is 18.3 Å². The molecule has 7 heteroatoms. The average Bonchev–Trinajstić information content (AvgIpc) is 2.68. The summed E-state index contributed by atoms with van der Waals surface area (Å²) < 4.78 is 32.1. The number of hydrogen-bond donors (Lipinski definition) is 0. The third kappa shape index (κ3) is 4.46. The van der Waals surface area contributed by atoms with Crippen molar-refractivity contribution in [1.29, 1.82) is 0 Å². The summed E-state index contributed by atoms with van der Waals surface area (Å²) in [6, 6.07) is 11.1. The number of piperazine rings is 1. The molecule has 0 aromatic heterocycles. The Bertz CT molecular complexity index is 780. The molecular weight excluding hydrogens is 358 g/mol. The third-order valence-electron chi connectivity index (χ3n) is 4.30. The predicted octanol–water partition coefficient (Wildman–Crippen LogP) is 3.41. The minimum Gasteiger partial charge on any atom is -0.497 e. The molecule has 2 aromatic rings. The Labute approximate surface area is 155 Å². The fourth-order valence-electron chi connectivity index (χ4n) is 2.84. The lowest BCUT2D eigenvalue weighted by Crippen LogP contribution is -2.49. The summed E-state index contributed by atoms with van der Waals surface area (Å²) in [4.78, 5) is 16.5. The van der Waals surface area contributed by atoms with Crippen molar-refractivity contribution in [3.05, 3.63) is 54.1 Å². The standard InChI is InChI=1S/C19H20F2N2O2S/c1-25-16-4-2-3-15(12-16)22-7-9-23(10-8-22)19(24)13-26-18-11-14(20)5-6-17(18)21/h2-6,11-12H,7-10,13H2,1H3. The minimum absolute atomic E-state index is 0.0658. The number of halogens is 2. The Morgan fingerprint density at radius 2 is 1.88 bits per heavy atom. The van der Waals surface area contributed by atoms with Gasteiger partial charge in [0.2, 0.25) is 5.91 Å². The molecule has 4 nitrogen and oxygen atoms in total. The van der Waals surface area contributed by atoms with Crippen molar-refractivity contribution in [1.82, 2.24) is 4.90 Å². The summed E-state index contributed by atoms with van der Waals surface area (Å²) in [5.41, 5.74) is 1.06. The van der Waals surface area contributed by atoms with E-state index in [9.17, 15) is 13.6 Å². The number of carbonyl (C=O) groups is 1. The molecular formula is C19H20F2N2O2S. The van der Waals surface area contributed by atoms with Gasteiger partial charge < -0.3 is 14.5 Å². The molecule has 1 saturated heterocycles. The van der Waals surface area contributed by atoms with Crippen molar-refractivity contribution in [3.8, 4) is 5.75 Å². The van der Waals surface area contributed by atoms with Gasteiger partial charge in [0, 0.05) is 42.8 Å². The average molecular weight is 378 g/mol. The molecule has 2 aromatic carbocycles. The summed E-state index contributed by atoms with van der Waals surface area (Å²) in [5.74, 6) is -0.182. The number of hydrogen-bond acceptors (Lipinski definition) is 4. The van der Waals surface area contributed by atoms with Crippen LogP contribution in [-0.2, 0) is 4.79 Å². The maximum absolute atomic E-state index is 13.6. The highest BCUT2D eigenvalue weighted by Gasteiger charge is 2.22. The lowest BCUT2D eigenvalue weighted by atomic mass is 10.2. The second kappa shape index (κ2) is 8.40. The number of thioether (sulfide) groups is 1. The minimum atomic E-state index is -0.507. The first kappa shape index (κ1) is 18.5. The SMILES string of the molecule is COc1cccc(N2CCN(C(=O)CSc3cc(F)ccc3F)CC2)c1. The zero-order chi connectivity index (χ0) is 18.5. The molecule has 0 radical (unpaired) electrons. The van der Waals surface area contributed by atoms with Crippen molar-refractivity contribution in [2.45, 2.75) is 4.90 Å². The Kier molecular flexibility index (Phi) is 5.98.